The number of carbonyl (C=O) groups excluding carboxylic acids is 1. The van der Waals surface area contributed by atoms with Gasteiger partial charge in [0.1, 0.15) is 0 Å². The predicted molar refractivity (Wildman–Crippen MR) is 41.6 cm³/mol. The highest BCUT2D eigenvalue weighted by molar-refractivity contribution is 5.99. The smallest absolute Gasteiger partial charge is 0.204 e. The summed E-state index contributed by atoms with van der Waals surface area (Å²) >= 11 is 0. The first kappa shape index (κ1) is 7.85. The van der Waals surface area contributed by atoms with Gasteiger partial charge in [-0.25, -0.2) is 0 Å². The summed E-state index contributed by atoms with van der Waals surface area (Å²) in [6, 6.07) is 0. The van der Waals surface area contributed by atoms with Crippen LogP contribution in [-0.4, -0.2) is 11.4 Å². The van der Waals surface area contributed by atoms with E-state index in [1.165, 1.54) is 6.08 Å². The van der Waals surface area contributed by atoms with Crippen molar-refractivity contribution in [1.82, 2.24) is 0 Å². The van der Waals surface area contributed by atoms with Gasteiger partial charge in [0.25, 0.3) is 0 Å². The maximum Gasteiger partial charge on any atom is 0.204 e. The molecule has 0 aromatic rings. The van der Waals surface area contributed by atoms with Gasteiger partial charge >= 0.3 is 0 Å². The average molecular weight is 153 g/mol. The van der Waals surface area contributed by atoms with Crippen molar-refractivity contribution in [1.29, 1.82) is 0 Å². The van der Waals surface area contributed by atoms with Gasteiger partial charge in [0.15, 0.2) is 11.5 Å². The highest BCUT2D eigenvalue weighted by Crippen LogP contribution is 2.25. The van der Waals surface area contributed by atoms with Gasteiger partial charge in [-0.15, -0.1) is 6.58 Å². The Morgan fingerprint density at radius 2 is 2.55 bits per heavy atom. The third-order valence-electron chi connectivity index (χ3n) is 1.67. The zero-order chi connectivity index (χ0) is 8.48. The Morgan fingerprint density at radius 3 is 2.91 bits per heavy atom. The van der Waals surface area contributed by atoms with Crippen LogP contribution >= 0.6 is 0 Å². The van der Waals surface area contributed by atoms with Gasteiger partial charge in [0.05, 0.1) is 0 Å². The van der Waals surface area contributed by atoms with E-state index >= 15 is 0 Å². The first-order chi connectivity index (χ1) is 5.08. The molecule has 0 aromatic carbocycles. The Labute approximate surface area is 65.5 Å². The van der Waals surface area contributed by atoms with Crippen LogP contribution in [0.3, 0.4) is 0 Å². The fraction of sp³-hybridized carbons (Fsp3) is 0.375. The lowest BCUT2D eigenvalue weighted by Gasteiger charge is -2.20. The third kappa shape index (κ3) is 1.27. The molecule has 0 aromatic heterocycles. The van der Waals surface area contributed by atoms with Crippen LogP contribution in [0.25, 0.3) is 0 Å². The van der Waals surface area contributed by atoms with Gasteiger partial charge in [0.2, 0.25) is 5.78 Å². The number of rotatable bonds is 2. The second-order valence-electron chi connectivity index (χ2n) is 2.74. The molecule has 0 saturated carbocycles. The first-order valence-corrected chi connectivity index (χ1v) is 3.40. The second-order valence-corrected chi connectivity index (χ2v) is 2.74. The van der Waals surface area contributed by atoms with E-state index in [4.69, 9.17) is 10.5 Å². The van der Waals surface area contributed by atoms with Crippen LogP contribution in [0.4, 0.5) is 0 Å². The van der Waals surface area contributed by atoms with Crippen LogP contribution in [0, 0.1) is 0 Å². The monoisotopic (exact) mass is 153 g/mol. The van der Waals surface area contributed by atoms with Crippen molar-refractivity contribution in [3.05, 3.63) is 24.6 Å². The maximum atomic E-state index is 11.2. The van der Waals surface area contributed by atoms with Gasteiger partial charge in [-0.05, 0) is 6.92 Å². The van der Waals surface area contributed by atoms with Crippen molar-refractivity contribution in [3.63, 3.8) is 0 Å². The summed E-state index contributed by atoms with van der Waals surface area (Å²) in [7, 11) is 0. The molecule has 0 spiro atoms. The van der Waals surface area contributed by atoms with E-state index in [1.807, 2.05) is 0 Å². The van der Waals surface area contributed by atoms with Gasteiger partial charge < -0.3 is 10.5 Å². The summed E-state index contributed by atoms with van der Waals surface area (Å²) in [5.74, 6) is 0.106. The van der Waals surface area contributed by atoms with E-state index < -0.39 is 5.60 Å². The molecule has 0 aliphatic carbocycles. The fourth-order valence-electron chi connectivity index (χ4n) is 1.04. The first-order valence-electron chi connectivity index (χ1n) is 3.40. The SMILES string of the molecule is C=CCC1(C)OC(N)=CC1=O. The van der Waals surface area contributed by atoms with Crippen molar-refractivity contribution < 1.29 is 9.53 Å². The van der Waals surface area contributed by atoms with E-state index in [1.54, 1.807) is 13.0 Å². The summed E-state index contributed by atoms with van der Waals surface area (Å²) in [6.45, 7) is 5.23. The Morgan fingerprint density at radius 1 is 1.91 bits per heavy atom. The molecule has 0 saturated heterocycles. The molecule has 0 fully saturated rings. The summed E-state index contributed by atoms with van der Waals surface area (Å²) in [4.78, 5) is 11.2. The zero-order valence-corrected chi connectivity index (χ0v) is 6.46. The molecule has 1 atom stereocenters. The average Bonchev–Trinajstić information content (AvgIpc) is 2.08. The molecule has 1 aliphatic heterocycles. The van der Waals surface area contributed by atoms with Gasteiger partial charge in [-0.2, -0.15) is 0 Å². The molecule has 0 radical (unpaired) electrons. The van der Waals surface area contributed by atoms with Gasteiger partial charge in [-0.1, -0.05) is 6.08 Å². The third-order valence-corrected chi connectivity index (χ3v) is 1.67. The van der Waals surface area contributed by atoms with E-state index in [-0.39, 0.29) is 11.7 Å². The van der Waals surface area contributed by atoms with Gasteiger partial charge in [-0.3, -0.25) is 4.79 Å². The molecule has 0 bridgehead atoms. The minimum Gasteiger partial charge on any atom is -0.464 e. The summed E-state index contributed by atoms with van der Waals surface area (Å²) in [5.41, 5.74) is 4.52. The normalized spacial score (nSPS) is 29.5. The van der Waals surface area contributed by atoms with Crippen molar-refractivity contribution in [2.75, 3.05) is 0 Å². The lowest BCUT2D eigenvalue weighted by atomic mass is 9.98. The molecule has 1 aliphatic rings. The Bertz CT molecular complexity index is 232. The number of hydrogen-bond acceptors (Lipinski definition) is 3. The van der Waals surface area contributed by atoms with Crippen molar-refractivity contribution >= 4 is 5.78 Å². The minimum absolute atomic E-state index is 0.0881. The molecule has 1 heterocycles. The van der Waals surface area contributed by atoms with Crippen LogP contribution in [0.15, 0.2) is 24.6 Å². The number of ether oxygens (including phenoxy) is 1. The standard InChI is InChI=1S/C8H11NO2/c1-3-4-8(2)6(10)5-7(9)11-8/h3,5H,1,4,9H2,2H3. The van der Waals surface area contributed by atoms with Crippen molar-refractivity contribution in [2.45, 2.75) is 18.9 Å². The molecule has 3 nitrogen and oxygen atoms in total. The Kier molecular flexibility index (Phi) is 1.72. The fourth-order valence-corrected chi connectivity index (χ4v) is 1.04. The molecule has 2 N–H and O–H groups in total. The van der Waals surface area contributed by atoms with E-state index in [2.05, 4.69) is 6.58 Å². The summed E-state index contributed by atoms with van der Waals surface area (Å²) in [6.07, 6.45) is 3.44. The molecule has 3 heteroatoms. The predicted octanol–water partition coefficient (Wildman–Crippen LogP) is 0.721. The van der Waals surface area contributed by atoms with Crippen LogP contribution in [0.2, 0.25) is 0 Å². The Hall–Kier alpha value is -1.25. The lowest BCUT2D eigenvalue weighted by Crippen LogP contribution is -2.32. The van der Waals surface area contributed by atoms with Crippen LogP contribution in [0.1, 0.15) is 13.3 Å². The number of carbonyl (C=O) groups is 1. The summed E-state index contributed by atoms with van der Waals surface area (Å²) < 4.78 is 5.12. The number of nitrogens with two attached hydrogens (primary N) is 1. The molecular weight excluding hydrogens is 142 g/mol. The summed E-state index contributed by atoms with van der Waals surface area (Å²) in [5, 5.41) is 0. The minimum atomic E-state index is -0.800. The number of ketones is 1. The molecular formula is C8H11NO2. The van der Waals surface area contributed by atoms with Crippen LogP contribution in [-0.2, 0) is 9.53 Å². The molecule has 11 heavy (non-hydrogen) atoms. The van der Waals surface area contributed by atoms with E-state index in [9.17, 15) is 4.79 Å². The highest BCUT2D eigenvalue weighted by Gasteiger charge is 2.37. The van der Waals surface area contributed by atoms with E-state index in [0.29, 0.717) is 6.42 Å². The molecule has 60 valence electrons. The van der Waals surface area contributed by atoms with Crippen molar-refractivity contribution in [3.8, 4) is 0 Å². The van der Waals surface area contributed by atoms with E-state index in [0.717, 1.165) is 0 Å². The van der Waals surface area contributed by atoms with Crippen LogP contribution < -0.4 is 5.73 Å². The Balaban J connectivity index is 2.77. The highest BCUT2D eigenvalue weighted by atomic mass is 16.5. The zero-order valence-electron chi connectivity index (χ0n) is 6.46. The van der Waals surface area contributed by atoms with Crippen LogP contribution in [0.5, 0.6) is 0 Å². The van der Waals surface area contributed by atoms with Gasteiger partial charge in [0, 0.05) is 12.5 Å². The topological polar surface area (TPSA) is 52.3 Å². The maximum absolute atomic E-state index is 11.2. The number of hydrogen-bond donors (Lipinski definition) is 1. The molecule has 1 unspecified atom stereocenters. The lowest BCUT2D eigenvalue weighted by molar-refractivity contribution is -0.128. The van der Waals surface area contributed by atoms with Crippen molar-refractivity contribution in [2.24, 2.45) is 5.73 Å². The molecule has 0 amide bonds. The molecule has 1 rings (SSSR count). The second kappa shape index (κ2) is 2.42. The largest absolute Gasteiger partial charge is 0.464 e. The quantitative estimate of drug-likeness (QED) is 0.595.